The first-order valence-corrected chi connectivity index (χ1v) is 6.08. The number of ether oxygens (including phenoxy) is 1. The first kappa shape index (κ1) is 13.2. The number of halogens is 1. The maximum atomic E-state index is 11.4. The zero-order valence-electron chi connectivity index (χ0n) is 8.89. The maximum absolute atomic E-state index is 11.4. The number of aliphatic hydroxyl groups excluding tert-OH is 1. The van der Waals surface area contributed by atoms with Gasteiger partial charge in [-0.1, -0.05) is 40.8 Å². The molecule has 16 heavy (non-hydrogen) atoms. The fourth-order valence-corrected chi connectivity index (χ4v) is 1.47. The van der Waals surface area contributed by atoms with Crippen molar-refractivity contribution in [2.45, 2.75) is 19.4 Å². The number of carbonyl (C=O) groups is 1. The summed E-state index contributed by atoms with van der Waals surface area (Å²) >= 11 is 2.02. The normalized spacial score (nSPS) is 13.3. The van der Waals surface area contributed by atoms with E-state index in [9.17, 15) is 9.90 Å². The van der Waals surface area contributed by atoms with Crippen LogP contribution >= 0.6 is 22.6 Å². The molecule has 4 heteroatoms. The van der Waals surface area contributed by atoms with E-state index >= 15 is 0 Å². The molecule has 0 radical (unpaired) electrons. The van der Waals surface area contributed by atoms with Crippen LogP contribution in [0, 0.1) is 0 Å². The molecule has 0 spiro atoms. The SMILES string of the molecule is C/C(=C/I)[C@@H](O)CC(=O)Oc1ccccc1. The Morgan fingerprint density at radius 3 is 2.69 bits per heavy atom. The molecule has 86 valence electrons. The standard InChI is InChI=1S/C12H13IO3/c1-9(8-13)11(14)7-12(15)16-10-5-3-2-4-6-10/h2-6,8,11,14H,7H2,1H3/b9-8-/t11-/m0/s1. The van der Waals surface area contributed by atoms with Gasteiger partial charge in [-0.2, -0.15) is 0 Å². The molecule has 0 saturated heterocycles. The summed E-state index contributed by atoms with van der Waals surface area (Å²) in [4.78, 5) is 11.4. The Kier molecular flexibility index (Phi) is 5.48. The summed E-state index contributed by atoms with van der Waals surface area (Å²) in [5.41, 5.74) is 0.755. The van der Waals surface area contributed by atoms with Crippen molar-refractivity contribution in [1.82, 2.24) is 0 Å². The van der Waals surface area contributed by atoms with Crippen molar-refractivity contribution >= 4 is 28.6 Å². The van der Waals surface area contributed by atoms with E-state index in [0.29, 0.717) is 5.75 Å². The number of esters is 1. The molecule has 0 aliphatic carbocycles. The van der Waals surface area contributed by atoms with Crippen LogP contribution in [0.5, 0.6) is 5.75 Å². The van der Waals surface area contributed by atoms with E-state index in [4.69, 9.17) is 4.74 Å². The lowest BCUT2D eigenvalue weighted by molar-refractivity contribution is -0.136. The van der Waals surface area contributed by atoms with Crippen LogP contribution < -0.4 is 4.74 Å². The number of rotatable bonds is 4. The number of carbonyl (C=O) groups excluding carboxylic acids is 1. The van der Waals surface area contributed by atoms with Crippen LogP contribution in [0.15, 0.2) is 40.0 Å². The van der Waals surface area contributed by atoms with Crippen molar-refractivity contribution in [2.24, 2.45) is 0 Å². The van der Waals surface area contributed by atoms with Crippen LogP contribution in [0.2, 0.25) is 0 Å². The van der Waals surface area contributed by atoms with Crippen molar-refractivity contribution in [3.05, 3.63) is 40.0 Å². The third kappa shape index (κ3) is 4.32. The highest BCUT2D eigenvalue weighted by Crippen LogP contribution is 2.12. The third-order valence-electron chi connectivity index (χ3n) is 2.03. The van der Waals surface area contributed by atoms with Crippen LogP contribution in [0.1, 0.15) is 13.3 Å². The van der Waals surface area contributed by atoms with E-state index < -0.39 is 12.1 Å². The van der Waals surface area contributed by atoms with Gasteiger partial charge in [0.25, 0.3) is 0 Å². The minimum atomic E-state index is -0.770. The molecule has 0 amide bonds. The molecule has 0 heterocycles. The van der Waals surface area contributed by atoms with E-state index in [1.54, 1.807) is 35.3 Å². The van der Waals surface area contributed by atoms with Crippen molar-refractivity contribution in [1.29, 1.82) is 0 Å². The summed E-state index contributed by atoms with van der Waals surface area (Å²) in [5.74, 6) is 0.0621. The number of hydrogen-bond acceptors (Lipinski definition) is 3. The molecule has 0 saturated carbocycles. The van der Waals surface area contributed by atoms with Gasteiger partial charge in [-0.15, -0.1) is 0 Å². The van der Waals surface area contributed by atoms with Gasteiger partial charge < -0.3 is 9.84 Å². The Bertz CT molecular complexity index is 373. The monoisotopic (exact) mass is 332 g/mol. The summed E-state index contributed by atoms with van der Waals surface area (Å²) in [6.45, 7) is 1.77. The van der Waals surface area contributed by atoms with Crippen molar-refractivity contribution in [2.75, 3.05) is 0 Å². The van der Waals surface area contributed by atoms with E-state index in [1.165, 1.54) is 0 Å². The van der Waals surface area contributed by atoms with E-state index in [2.05, 4.69) is 0 Å². The lowest BCUT2D eigenvalue weighted by Gasteiger charge is -2.09. The van der Waals surface area contributed by atoms with Crippen molar-refractivity contribution in [3.63, 3.8) is 0 Å². The quantitative estimate of drug-likeness (QED) is 0.524. The number of para-hydroxylation sites is 1. The van der Waals surface area contributed by atoms with Crippen LogP contribution in [0.4, 0.5) is 0 Å². The molecular formula is C12H13IO3. The predicted molar refractivity (Wildman–Crippen MR) is 70.5 cm³/mol. The average molecular weight is 332 g/mol. The molecular weight excluding hydrogens is 319 g/mol. The van der Waals surface area contributed by atoms with E-state index in [-0.39, 0.29) is 6.42 Å². The molecule has 0 fully saturated rings. The molecule has 1 atom stereocenters. The molecule has 1 aromatic carbocycles. The zero-order chi connectivity index (χ0) is 12.0. The van der Waals surface area contributed by atoms with Crippen LogP contribution in [0.25, 0.3) is 0 Å². The number of hydrogen-bond donors (Lipinski definition) is 1. The summed E-state index contributed by atoms with van der Waals surface area (Å²) in [6, 6.07) is 8.82. The Hall–Kier alpha value is -0.880. The number of aliphatic hydroxyl groups is 1. The topological polar surface area (TPSA) is 46.5 Å². The van der Waals surface area contributed by atoms with Gasteiger partial charge in [0, 0.05) is 0 Å². The Morgan fingerprint density at radius 1 is 1.50 bits per heavy atom. The van der Waals surface area contributed by atoms with Gasteiger partial charge in [0.2, 0.25) is 0 Å². The molecule has 0 bridgehead atoms. The van der Waals surface area contributed by atoms with Gasteiger partial charge in [0.05, 0.1) is 12.5 Å². The molecule has 3 nitrogen and oxygen atoms in total. The lowest BCUT2D eigenvalue weighted by Crippen LogP contribution is -2.18. The first-order chi connectivity index (χ1) is 7.63. The first-order valence-electron chi connectivity index (χ1n) is 4.84. The smallest absolute Gasteiger partial charge is 0.314 e. The molecule has 0 unspecified atom stereocenters. The molecule has 1 aromatic rings. The second-order valence-electron chi connectivity index (χ2n) is 3.36. The summed E-state index contributed by atoms with van der Waals surface area (Å²) in [5, 5.41) is 9.59. The largest absolute Gasteiger partial charge is 0.426 e. The fraction of sp³-hybridized carbons (Fsp3) is 0.250. The number of benzene rings is 1. The van der Waals surface area contributed by atoms with Gasteiger partial charge >= 0.3 is 5.97 Å². The lowest BCUT2D eigenvalue weighted by atomic mass is 10.1. The molecule has 1 N–H and O–H groups in total. The highest BCUT2D eigenvalue weighted by atomic mass is 127. The summed E-state index contributed by atoms with van der Waals surface area (Å²) in [7, 11) is 0. The van der Waals surface area contributed by atoms with Crippen LogP contribution in [-0.2, 0) is 4.79 Å². The highest BCUT2D eigenvalue weighted by molar-refractivity contribution is 14.1. The fourth-order valence-electron chi connectivity index (χ4n) is 1.05. The predicted octanol–water partition coefficient (Wildman–Crippen LogP) is 2.68. The Labute approximate surface area is 108 Å². The van der Waals surface area contributed by atoms with Crippen LogP contribution in [-0.4, -0.2) is 17.2 Å². The Balaban J connectivity index is 2.49. The molecule has 0 aliphatic heterocycles. The highest BCUT2D eigenvalue weighted by Gasteiger charge is 2.13. The van der Waals surface area contributed by atoms with Gasteiger partial charge in [-0.3, -0.25) is 4.79 Å². The van der Waals surface area contributed by atoms with Gasteiger partial charge in [0.15, 0.2) is 0 Å². The summed E-state index contributed by atoms with van der Waals surface area (Å²) in [6.07, 6.45) is -0.798. The van der Waals surface area contributed by atoms with Gasteiger partial charge in [-0.25, -0.2) is 0 Å². The molecule has 0 aromatic heterocycles. The van der Waals surface area contributed by atoms with Crippen LogP contribution in [0.3, 0.4) is 0 Å². The van der Waals surface area contributed by atoms with E-state index in [0.717, 1.165) is 5.57 Å². The second-order valence-corrected chi connectivity index (χ2v) is 3.98. The summed E-state index contributed by atoms with van der Waals surface area (Å²) < 4.78 is 6.80. The maximum Gasteiger partial charge on any atom is 0.314 e. The molecule has 1 rings (SSSR count). The minimum absolute atomic E-state index is 0.0276. The van der Waals surface area contributed by atoms with Crippen molar-refractivity contribution < 1.29 is 14.6 Å². The molecule has 0 aliphatic rings. The Morgan fingerprint density at radius 2 is 2.12 bits per heavy atom. The average Bonchev–Trinajstić information content (AvgIpc) is 2.29. The second kappa shape index (κ2) is 6.65. The van der Waals surface area contributed by atoms with E-state index in [1.807, 2.05) is 28.7 Å². The van der Waals surface area contributed by atoms with Gasteiger partial charge in [-0.05, 0) is 28.7 Å². The van der Waals surface area contributed by atoms with Crippen molar-refractivity contribution in [3.8, 4) is 5.75 Å². The minimum Gasteiger partial charge on any atom is -0.426 e. The van der Waals surface area contributed by atoms with Gasteiger partial charge in [0.1, 0.15) is 5.75 Å². The zero-order valence-corrected chi connectivity index (χ0v) is 11.0. The third-order valence-corrected chi connectivity index (χ3v) is 3.02.